The largest absolute Gasteiger partial charge is 0.302 e. The summed E-state index contributed by atoms with van der Waals surface area (Å²) in [5, 5.41) is 0.634. The number of nitrogens with zero attached hydrogens (tertiary/aromatic N) is 3. The van der Waals surface area contributed by atoms with E-state index < -0.39 is 0 Å². The number of aryl methyl sites for hydroxylation is 3. The average Bonchev–Trinajstić information content (AvgIpc) is 3.10. The Hall–Kier alpha value is -2.31. The van der Waals surface area contributed by atoms with Crippen molar-refractivity contribution in [2.45, 2.75) is 41.0 Å². The molecular formula is C24H30FN3OS. The molecule has 0 aliphatic heterocycles. The highest BCUT2D eigenvalue weighted by Gasteiger charge is 2.22. The quantitative estimate of drug-likeness (QED) is 0.491. The number of likely N-dealkylation sites (N-methyl/N-ethyl adjacent to an activating group) is 1. The molecule has 160 valence electrons. The van der Waals surface area contributed by atoms with Gasteiger partial charge in [-0.05, 0) is 68.8 Å². The SMILES string of the molecule is CCN(CC)CCN(C(=O)Cc1c(C)cc(C)cc1C)c1nc2ccc(F)cc2s1. The lowest BCUT2D eigenvalue weighted by atomic mass is 9.97. The van der Waals surface area contributed by atoms with Crippen LogP contribution in [0.2, 0.25) is 0 Å². The number of carbonyl (C=O) groups is 1. The molecule has 0 fully saturated rings. The van der Waals surface area contributed by atoms with Crippen LogP contribution in [0.15, 0.2) is 30.3 Å². The number of fused-ring (bicyclic) bond motifs is 1. The van der Waals surface area contributed by atoms with Crippen molar-refractivity contribution in [3.63, 3.8) is 0 Å². The zero-order valence-corrected chi connectivity index (χ0v) is 19.3. The molecule has 0 radical (unpaired) electrons. The van der Waals surface area contributed by atoms with Crippen LogP contribution in [0.1, 0.15) is 36.1 Å². The number of carbonyl (C=O) groups excluding carboxylic acids is 1. The minimum absolute atomic E-state index is 0.0248. The molecule has 0 N–H and O–H groups in total. The highest BCUT2D eigenvalue weighted by atomic mass is 32.1. The Morgan fingerprint density at radius 2 is 1.70 bits per heavy atom. The third kappa shape index (κ3) is 5.05. The molecular weight excluding hydrogens is 397 g/mol. The van der Waals surface area contributed by atoms with Gasteiger partial charge in [0.05, 0.1) is 16.6 Å². The lowest BCUT2D eigenvalue weighted by molar-refractivity contribution is -0.118. The highest BCUT2D eigenvalue weighted by molar-refractivity contribution is 7.22. The van der Waals surface area contributed by atoms with Gasteiger partial charge in [-0.2, -0.15) is 0 Å². The number of hydrogen-bond donors (Lipinski definition) is 0. The van der Waals surface area contributed by atoms with Crippen LogP contribution in [0, 0.1) is 26.6 Å². The smallest absolute Gasteiger partial charge is 0.233 e. The number of benzene rings is 2. The van der Waals surface area contributed by atoms with Crippen LogP contribution >= 0.6 is 11.3 Å². The minimum Gasteiger partial charge on any atom is -0.302 e. The van der Waals surface area contributed by atoms with E-state index in [9.17, 15) is 9.18 Å². The molecule has 0 unspecified atom stereocenters. The Morgan fingerprint density at radius 1 is 1.03 bits per heavy atom. The van der Waals surface area contributed by atoms with Crippen molar-refractivity contribution < 1.29 is 9.18 Å². The summed E-state index contributed by atoms with van der Waals surface area (Å²) in [5.74, 6) is -0.263. The number of rotatable bonds is 8. The standard InChI is InChI=1S/C24H30FN3OS/c1-6-27(7-2)10-11-28(24-26-21-9-8-19(25)14-22(21)30-24)23(29)15-20-17(4)12-16(3)13-18(20)5/h8-9,12-14H,6-7,10-11,15H2,1-5H3. The first-order valence-corrected chi connectivity index (χ1v) is 11.3. The van der Waals surface area contributed by atoms with Crippen LogP contribution in [0.4, 0.5) is 9.52 Å². The number of halogens is 1. The monoisotopic (exact) mass is 427 g/mol. The molecule has 1 aromatic heterocycles. The van der Waals surface area contributed by atoms with E-state index in [-0.39, 0.29) is 11.7 Å². The number of thiazole rings is 1. The summed E-state index contributed by atoms with van der Waals surface area (Å²) >= 11 is 1.37. The normalized spacial score (nSPS) is 11.4. The van der Waals surface area contributed by atoms with Gasteiger partial charge in [-0.3, -0.25) is 9.69 Å². The van der Waals surface area contributed by atoms with E-state index in [2.05, 4.69) is 56.6 Å². The van der Waals surface area contributed by atoms with Crippen LogP contribution in [0.5, 0.6) is 0 Å². The molecule has 0 aliphatic rings. The number of anilines is 1. The van der Waals surface area contributed by atoms with E-state index in [1.165, 1.54) is 29.0 Å². The molecule has 0 saturated heterocycles. The molecule has 6 heteroatoms. The third-order valence-corrected chi connectivity index (χ3v) is 6.61. The second kappa shape index (κ2) is 9.67. The molecule has 0 saturated carbocycles. The van der Waals surface area contributed by atoms with E-state index in [0.717, 1.165) is 46.5 Å². The molecule has 0 spiro atoms. The lowest BCUT2D eigenvalue weighted by Gasteiger charge is -2.25. The predicted molar refractivity (Wildman–Crippen MR) is 124 cm³/mol. The van der Waals surface area contributed by atoms with E-state index in [4.69, 9.17) is 0 Å². The fourth-order valence-corrected chi connectivity index (χ4v) is 4.88. The Morgan fingerprint density at radius 3 is 2.33 bits per heavy atom. The van der Waals surface area contributed by atoms with Gasteiger partial charge < -0.3 is 4.90 Å². The van der Waals surface area contributed by atoms with Crippen molar-refractivity contribution in [2.24, 2.45) is 0 Å². The van der Waals surface area contributed by atoms with Crippen LogP contribution in [-0.2, 0) is 11.2 Å². The van der Waals surface area contributed by atoms with E-state index >= 15 is 0 Å². The highest BCUT2D eigenvalue weighted by Crippen LogP contribution is 2.30. The Kier molecular flexibility index (Phi) is 7.21. The van der Waals surface area contributed by atoms with Gasteiger partial charge in [0.1, 0.15) is 5.82 Å². The minimum atomic E-state index is -0.287. The van der Waals surface area contributed by atoms with Gasteiger partial charge in [0.15, 0.2) is 5.13 Å². The second-order valence-electron chi connectivity index (χ2n) is 7.73. The van der Waals surface area contributed by atoms with Gasteiger partial charge in [-0.25, -0.2) is 9.37 Å². The van der Waals surface area contributed by atoms with Gasteiger partial charge in [0, 0.05) is 13.1 Å². The molecule has 1 heterocycles. The zero-order chi connectivity index (χ0) is 21.8. The Labute approximate surface area is 182 Å². The van der Waals surface area contributed by atoms with E-state index in [1.54, 1.807) is 11.0 Å². The van der Waals surface area contributed by atoms with Crippen molar-refractivity contribution in [3.8, 4) is 0 Å². The van der Waals surface area contributed by atoms with Gasteiger partial charge >= 0.3 is 0 Å². The Balaban J connectivity index is 1.92. The van der Waals surface area contributed by atoms with Crippen molar-refractivity contribution in [2.75, 3.05) is 31.1 Å². The van der Waals surface area contributed by atoms with Crippen LogP contribution < -0.4 is 4.90 Å². The average molecular weight is 428 g/mol. The molecule has 2 aromatic carbocycles. The van der Waals surface area contributed by atoms with Gasteiger partial charge in [0.25, 0.3) is 0 Å². The van der Waals surface area contributed by atoms with E-state index in [0.29, 0.717) is 18.1 Å². The summed E-state index contributed by atoms with van der Waals surface area (Å²) in [6.45, 7) is 13.6. The summed E-state index contributed by atoms with van der Waals surface area (Å²) in [7, 11) is 0. The zero-order valence-electron chi connectivity index (χ0n) is 18.5. The maximum atomic E-state index is 13.7. The maximum Gasteiger partial charge on any atom is 0.233 e. The van der Waals surface area contributed by atoms with Crippen molar-refractivity contribution in [1.82, 2.24) is 9.88 Å². The second-order valence-corrected chi connectivity index (χ2v) is 8.74. The van der Waals surface area contributed by atoms with Gasteiger partial charge in [-0.15, -0.1) is 0 Å². The van der Waals surface area contributed by atoms with Crippen LogP contribution in [-0.4, -0.2) is 42.0 Å². The molecule has 4 nitrogen and oxygen atoms in total. The first-order valence-electron chi connectivity index (χ1n) is 10.5. The fourth-order valence-electron chi connectivity index (χ4n) is 3.85. The fraction of sp³-hybridized carbons (Fsp3) is 0.417. The number of aromatic nitrogens is 1. The number of hydrogen-bond acceptors (Lipinski definition) is 4. The van der Waals surface area contributed by atoms with Crippen LogP contribution in [0.3, 0.4) is 0 Å². The molecule has 30 heavy (non-hydrogen) atoms. The molecule has 3 rings (SSSR count). The van der Waals surface area contributed by atoms with Crippen molar-refractivity contribution in [1.29, 1.82) is 0 Å². The van der Waals surface area contributed by atoms with Crippen molar-refractivity contribution >= 4 is 32.6 Å². The van der Waals surface area contributed by atoms with Crippen LogP contribution in [0.25, 0.3) is 10.2 Å². The summed E-state index contributed by atoms with van der Waals surface area (Å²) in [6.07, 6.45) is 0.334. The van der Waals surface area contributed by atoms with Gasteiger partial charge in [-0.1, -0.05) is 42.9 Å². The summed E-state index contributed by atoms with van der Waals surface area (Å²) in [6, 6.07) is 8.81. The molecule has 0 atom stereocenters. The molecule has 3 aromatic rings. The third-order valence-electron chi connectivity index (χ3n) is 5.57. The first-order chi connectivity index (χ1) is 14.3. The molecule has 0 aliphatic carbocycles. The molecule has 1 amide bonds. The summed E-state index contributed by atoms with van der Waals surface area (Å²) in [5.41, 5.74) is 5.27. The first kappa shape index (κ1) is 22.4. The Bertz CT molecular complexity index is 1020. The summed E-state index contributed by atoms with van der Waals surface area (Å²) in [4.78, 5) is 22.1. The summed E-state index contributed by atoms with van der Waals surface area (Å²) < 4.78 is 14.4. The predicted octanol–water partition coefficient (Wildman–Crippen LogP) is 5.28. The lowest BCUT2D eigenvalue weighted by Crippen LogP contribution is -2.39. The number of amides is 1. The van der Waals surface area contributed by atoms with Crippen molar-refractivity contribution in [3.05, 3.63) is 58.4 Å². The molecule has 0 bridgehead atoms. The van der Waals surface area contributed by atoms with Gasteiger partial charge in [0.2, 0.25) is 5.91 Å². The topological polar surface area (TPSA) is 36.4 Å². The van der Waals surface area contributed by atoms with E-state index in [1.807, 2.05) is 0 Å². The maximum absolute atomic E-state index is 13.7.